The van der Waals surface area contributed by atoms with Gasteiger partial charge in [0, 0.05) is 40.8 Å². The molecule has 0 fully saturated rings. The first-order valence-corrected chi connectivity index (χ1v) is 10.4. The number of benzene rings is 2. The molecule has 0 radical (unpaired) electrons. The first kappa shape index (κ1) is 20.4. The largest absolute Gasteiger partial charge is 0.497 e. The van der Waals surface area contributed by atoms with Gasteiger partial charge in [-0.1, -0.05) is 6.07 Å². The van der Waals surface area contributed by atoms with Crippen LogP contribution < -0.4 is 20.1 Å². The molecule has 2 heterocycles. The van der Waals surface area contributed by atoms with Gasteiger partial charge in [-0.3, -0.25) is 9.78 Å². The van der Waals surface area contributed by atoms with Crippen molar-refractivity contribution in [2.24, 2.45) is 0 Å². The number of hydrogen-bond acceptors (Lipinski definition) is 7. The van der Waals surface area contributed by atoms with Crippen molar-refractivity contribution >= 4 is 33.8 Å². The van der Waals surface area contributed by atoms with Gasteiger partial charge in [0.05, 0.1) is 12.8 Å². The molecule has 0 unspecified atom stereocenters. The van der Waals surface area contributed by atoms with E-state index in [2.05, 4.69) is 20.6 Å². The number of carbonyl (C=O) groups excluding carboxylic acids is 1. The minimum absolute atomic E-state index is 0.0932. The van der Waals surface area contributed by atoms with E-state index in [1.165, 1.54) is 11.3 Å². The quantitative estimate of drug-likeness (QED) is 0.409. The van der Waals surface area contributed by atoms with E-state index in [1.807, 2.05) is 47.8 Å². The summed E-state index contributed by atoms with van der Waals surface area (Å²) in [5.41, 5.74) is 3.48. The molecule has 0 aliphatic carbocycles. The fourth-order valence-corrected chi connectivity index (χ4v) is 3.52. The highest BCUT2D eigenvalue weighted by atomic mass is 32.1. The van der Waals surface area contributed by atoms with Gasteiger partial charge in [-0.25, -0.2) is 4.98 Å². The molecule has 7 nitrogen and oxygen atoms in total. The zero-order chi connectivity index (χ0) is 21.5. The summed E-state index contributed by atoms with van der Waals surface area (Å²) in [6, 6.07) is 18.4. The summed E-state index contributed by atoms with van der Waals surface area (Å²) in [5, 5.41) is 8.87. The molecule has 0 saturated carbocycles. The van der Waals surface area contributed by atoms with Crippen molar-refractivity contribution in [3.05, 3.63) is 78.4 Å². The average molecular weight is 433 g/mol. The van der Waals surface area contributed by atoms with Gasteiger partial charge in [-0.05, 0) is 48.5 Å². The Morgan fingerprint density at radius 3 is 2.52 bits per heavy atom. The van der Waals surface area contributed by atoms with Crippen molar-refractivity contribution in [1.29, 1.82) is 0 Å². The molecule has 4 rings (SSSR count). The van der Waals surface area contributed by atoms with Crippen molar-refractivity contribution in [1.82, 2.24) is 9.97 Å². The Morgan fingerprint density at radius 2 is 1.74 bits per heavy atom. The fourth-order valence-electron chi connectivity index (χ4n) is 2.78. The smallest absolute Gasteiger partial charge is 0.262 e. The Labute approximate surface area is 183 Å². The van der Waals surface area contributed by atoms with Crippen LogP contribution in [0.15, 0.2) is 78.4 Å². The molecular formula is C23H20N4O3S. The summed E-state index contributed by atoms with van der Waals surface area (Å²) < 4.78 is 10.7. The molecule has 0 spiro atoms. The maximum absolute atomic E-state index is 12.2. The summed E-state index contributed by atoms with van der Waals surface area (Å²) in [5.74, 6) is 1.00. The summed E-state index contributed by atoms with van der Waals surface area (Å²) in [6.07, 6.45) is 3.49. The molecule has 0 aliphatic heterocycles. The zero-order valence-corrected chi connectivity index (χ0v) is 17.6. The van der Waals surface area contributed by atoms with Crippen molar-refractivity contribution in [3.63, 3.8) is 0 Å². The molecule has 2 aromatic carbocycles. The Hall–Kier alpha value is -3.91. The number of hydrogen-bond donors (Lipinski definition) is 2. The highest BCUT2D eigenvalue weighted by molar-refractivity contribution is 7.14. The van der Waals surface area contributed by atoms with Crippen LogP contribution in [0.3, 0.4) is 0 Å². The third-order valence-corrected chi connectivity index (χ3v) is 5.07. The summed E-state index contributed by atoms with van der Waals surface area (Å²) in [7, 11) is 1.58. The number of anilines is 3. The number of nitrogens with one attached hydrogen (secondary N) is 2. The standard InChI is InChI=1S/C23H20N4O3S/c1-29-19-3-2-4-20(13-19)30-14-22(28)25-17-5-7-18(8-6-17)26-23-27-21(15-31-23)16-9-11-24-12-10-16/h2-13,15H,14H2,1H3,(H,25,28)(H,26,27). The highest BCUT2D eigenvalue weighted by Gasteiger charge is 2.07. The van der Waals surface area contributed by atoms with E-state index in [0.29, 0.717) is 17.2 Å². The predicted molar refractivity (Wildman–Crippen MR) is 122 cm³/mol. The Morgan fingerprint density at radius 1 is 1.00 bits per heavy atom. The first-order chi connectivity index (χ1) is 15.2. The minimum Gasteiger partial charge on any atom is -0.497 e. The lowest BCUT2D eigenvalue weighted by Gasteiger charge is -2.09. The molecule has 0 saturated heterocycles. The Balaban J connectivity index is 1.30. The average Bonchev–Trinajstić information content (AvgIpc) is 3.28. The van der Waals surface area contributed by atoms with Crippen LogP contribution in [-0.4, -0.2) is 29.6 Å². The van der Waals surface area contributed by atoms with Crippen LogP contribution in [0, 0.1) is 0 Å². The number of aromatic nitrogens is 2. The zero-order valence-electron chi connectivity index (χ0n) is 16.7. The second kappa shape index (κ2) is 9.73. The number of carbonyl (C=O) groups is 1. The van der Waals surface area contributed by atoms with E-state index >= 15 is 0 Å². The maximum atomic E-state index is 12.2. The van der Waals surface area contributed by atoms with E-state index in [1.54, 1.807) is 37.7 Å². The monoisotopic (exact) mass is 432 g/mol. The normalized spacial score (nSPS) is 10.4. The third-order valence-electron chi connectivity index (χ3n) is 4.31. The van der Waals surface area contributed by atoms with Crippen molar-refractivity contribution in [3.8, 4) is 22.8 Å². The molecule has 2 N–H and O–H groups in total. The van der Waals surface area contributed by atoms with Gasteiger partial charge < -0.3 is 20.1 Å². The van der Waals surface area contributed by atoms with Crippen LogP contribution in [0.4, 0.5) is 16.5 Å². The number of pyridine rings is 1. The van der Waals surface area contributed by atoms with Gasteiger partial charge in [0.15, 0.2) is 11.7 Å². The SMILES string of the molecule is COc1cccc(OCC(=O)Nc2ccc(Nc3nc(-c4ccncc4)cs3)cc2)c1. The first-order valence-electron chi connectivity index (χ1n) is 9.49. The van der Waals surface area contributed by atoms with E-state index in [0.717, 1.165) is 22.1 Å². The van der Waals surface area contributed by atoms with Gasteiger partial charge in [0.25, 0.3) is 5.91 Å². The number of rotatable bonds is 8. The van der Waals surface area contributed by atoms with Gasteiger partial charge in [0.1, 0.15) is 11.5 Å². The van der Waals surface area contributed by atoms with Crippen LogP contribution in [-0.2, 0) is 4.79 Å². The number of ether oxygens (including phenoxy) is 2. The molecule has 31 heavy (non-hydrogen) atoms. The lowest BCUT2D eigenvalue weighted by Crippen LogP contribution is -2.20. The van der Waals surface area contributed by atoms with E-state index in [4.69, 9.17) is 9.47 Å². The van der Waals surface area contributed by atoms with Crippen LogP contribution in [0.5, 0.6) is 11.5 Å². The molecule has 4 aromatic rings. The molecule has 0 aliphatic rings. The molecule has 1 amide bonds. The fraction of sp³-hybridized carbons (Fsp3) is 0.0870. The van der Waals surface area contributed by atoms with E-state index in [9.17, 15) is 4.79 Å². The Kier molecular flexibility index (Phi) is 6.39. The van der Waals surface area contributed by atoms with Gasteiger partial charge >= 0.3 is 0 Å². The van der Waals surface area contributed by atoms with Gasteiger partial charge in [0.2, 0.25) is 0 Å². The molecule has 2 aromatic heterocycles. The van der Waals surface area contributed by atoms with E-state index < -0.39 is 0 Å². The third kappa shape index (κ3) is 5.58. The van der Waals surface area contributed by atoms with Crippen LogP contribution in [0.1, 0.15) is 0 Å². The lowest BCUT2D eigenvalue weighted by atomic mass is 10.2. The Bertz CT molecular complexity index is 1150. The molecule has 0 atom stereocenters. The highest BCUT2D eigenvalue weighted by Crippen LogP contribution is 2.27. The van der Waals surface area contributed by atoms with Crippen molar-refractivity contribution in [2.75, 3.05) is 24.4 Å². The summed E-state index contributed by atoms with van der Waals surface area (Å²) >= 11 is 1.52. The van der Waals surface area contributed by atoms with Crippen molar-refractivity contribution in [2.45, 2.75) is 0 Å². The molecular weight excluding hydrogens is 412 g/mol. The summed E-state index contributed by atoms with van der Waals surface area (Å²) in [6.45, 7) is -0.0932. The molecule has 156 valence electrons. The van der Waals surface area contributed by atoms with Crippen LogP contribution >= 0.6 is 11.3 Å². The second-order valence-electron chi connectivity index (χ2n) is 6.49. The van der Waals surface area contributed by atoms with Crippen LogP contribution in [0.2, 0.25) is 0 Å². The number of amides is 1. The molecule has 0 bridgehead atoms. The second-order valence-corrected chi connectivity index (χ2v) is 7.35. The lowest BCUT2D eigenvalue weighted by molar-refractivity contribution is -0.118. The van der Waals surface area contributed by atoms with E-state index in [-0.39, 0.29) is 12.5 Å². The van der Waals surface area contributed by atoms with Crippen LogP contribution in [0.25, 0.3) is 11.3 Å². The van der Waals surface area contributed by atoms with Crippen molar-refractivity contribution < 1.29 is 14.3 Å². The maximum Gasteiger partial charge on any atom is 0.262 e. The predicted octanol–water partition coefficient (Wildman–Crippen LogP) is 4.97. The number of thiazole rings is 1. The van der Waals surface area contributed by atoms with Gasteiger partial charge in [-0.2, -0.15) is 0 Å². The number of nitrogens with zero attached hydrogens (tertiary/aromatic N) is 2. The molecule has 8 heteroatoms. The number of methoxy groups -OCH3 is 1. The van der Waals surface area contributed by atoms with Gasteiger partial charge in [-0.15, -0.1) is 11.3 Å². The summed E-state index contributed by atoms with van der Waals surface area (Å²) in [4.78, 5) is 20.8. The topological polar surface area (TPSA) is 85.4 Å². The minimum atomic E-state index is -0.245.